The molecule has 3 rings (SSSR count). The minimum atomic E-state index is -1.24. The summed E-state index contributed by atoms with van der Waals surface area (Å²) in [5.74, 6) is -2.29. The van der Waals surface area contributed by atoms with Gasteiger partial charge in [-0.15, -0.1) is 0 Å². The van der Waals surface area contributed by atoms with Gasteiger partial charge in [0.2, 0.25) is 5.91 Å². The molecule has 2 heterocycles. The lowest BCUT2D eigenvalue weighted by Gasteiger charge is -2.27. The lowest BCUT2D eigenvalue weighted by molar-refractivity contribution is -0.313. The molecule has 2 aliphatic heterocycles. The molecule has 2 saturated heterocycles. The van der Waals surface area contributed by atoms with Crippen LogP contribution in [0.1, 0.15) is 12.8 Å². The van der Waals surface area contributed by atoms with Crippen LogP contribution < -0.4 is 19.9 Å². The molecule has 0 radical (unpaired) electrons. The summed E-state index contributed by atoms with van der Waals surface area (Å²) in [5, 5.41) is 14.1. The van der Waals surface area contributed by atoms with E-state index in [4.69, 9.17) is 14.2 Å². The molecule has 2 aliphatic rings. The first kappa shape index (κ1) is 15.6. The fourth-order valence-electron chi connectivity index (χ4n) is 3.44. The van der Waals surface area contributed by atoms with E-state index in [0.29, 0.717) is 30.0 Å². The summed E-state index contributed by atoms with van der Waals surface area (Å²) in [7, 11) is 3.01. The first-order valence-corrected chi connectivity index (χ1v) is 7.44. The van der Waals surface area contributed by atoms with E-state index in [1.807, 2.05) is 0 Å². The number of hydrogen-bond donors (Lipinski definition) is 1. The van der Waals surface area contributed by atoms with Crippen molar-refractivity contribution in [3.63, 3.8) is 0 Å². The largest absolute Gasteiger partial charge is 0.550 e. The van der Waals surface area contributed by atoms with Crippen LogP contribution in [-0.4, -0.2) is 38.3 Å². The Labute approximate surface area is 133 Å². The molecular weight excluding hydrogens is 302 g/mol. The van der Waals surface area contributed by atoms with Crippen LogP contribution in [0.15, 0.2) is 18.2 Å². The molecule has 0 aromatic heterocycles. The predicted octanol–water partition coefficient (Wildman–Crippen LogP) is 0.186. The molecule has 0 spiro atoms. The third kappa shape index (κ3) is 2.72. The Morgan fingerprint density at radius 3 is 2.48 bits per heavy atom. The number of ether oxygens (including phenoxy) is 3. The summed E-state index contributed by atoms with van der Waals surface area (Å²) in [6.45, 7) is 0. The zero-order valence-corrected chi connectivity index (χ0v) is 12.9. The van der Waals surface area contributed by atoms with Gasteiger partial charge in [0.1, 0.15) is 11.5 Å². The fourth-order valence-corrected chi connectivity index (χ4v) is 3.44. The van der Waals surface area contributed by atoms with Gasteiger partial charge in [-0.25, -0.2) is 0 Å². The Morgan fingerprint density at radius 2 is 1.87 bits per heavy atom. The highest BCUT2D eigenvalue weighted by Crippen LogP contribution is 2.44. The van der Waals surface area contributed by atoms with Crippen molar-refractivity contribution < 1.29 is 28.9 Å². The normalized spacial score (nSPS) is 28.4. The monoisotopic (exact) mass is 320 g/mol. The number of carbonyl (C=O) groups is 2. The van der Waals surface area contributed by atoms with Gasteiger partial charge >= 0.3 is 0 Å². The highest BCUT2D eigenvalue weighted by Gasteiger charge is 2.52. The standard InChI is InChI=1S/C16H19NO6/c1-21-8-3-4-10(22-2)9(7-8)17-15(18)13-11-5-6-12(23-11)14(13)16(19)20/h3-4,7,11-14H,5-6H2,1-2H3,(H,17,18)(H,19,20)/p-1/t11-,12+,13-,14+/m1/s1. The van der Waals surface area contributed by atoms with Crippen LogP contribution >= 0.6 is 0 Å². The maximum atomic E-state index is 12.6. The fraction of sp³-hybridized carbons (Fsp3) is 0.500. The summed E-state index contributed by atoms with van der Waals surface area (Å²) >= 11 is 0. The second-order valence-corrected chi connectivity index (χ2v) is 5.72. The zero-order valence-electron chi connectivity index (χ0n) is 12.9. The molecule has 1 amide bonds. The number of aliphatic carboxylic acids is 1. The maximum absolute atomic E-state index is 12.6. The van der Waals surface area contributed by atoms with Crippen LogP contribution in [0.5, 0.6) is 11.5 Å². The number of fused-ring (bicyclic) bond motifs is 2. The Bertz CT molecular complexity index is 631. The molecular formula is C16H18NO6-. The second-order valence-electron chi connectivity index (χ2n) is 5.72. The van der Waals surface area contributed by atoms with Gasteiger partial charge in [-0.2, -0.15) is 0 Å². The topological polar surface area (TPSA) is 96.9 Å². The van der Waals surface area contributed by atoms with Crippen LogP contribution in [0.3, 0.4) is 0 Å². The predicted molar refractivity (Wildman–Crippen MR) is 78.1 cm³/mol. The average Bonchev–Trinajstić information content (AvgIpc) is 3.15. The smallest absolute Gasteiger partial charge is 0.230 e. The number of rotatable bonds is 5. The number of carboxylic acids is 1. The third-order valence-electron chi connectivity index (χ3n) is 4.51. The molecule has 4 atom stereocenters. The summed E-state index contributed by atoms with van der Waals surface area (Å²) in [5.41, 5.74) is 0.428. The minimum absolute atomic E-state index is 0.375. The van der Waals surface area contributed by atoms with Gasteiger partial charge in [0.05, 0.1) is 38.0 Å². The van der Waals surface area contributed by atoms with Crippen LogP contribution in [0.25, 0.3) is 0 Å². The van der Waals surface area contributed by atoms with Gasteiger partial charge in [0, 0.05) is 18.0 Å². The van der Waals surface area contributed by atoms with Gasteiger partial charge in [-0.3, -0.25) is 4.79 Å². The van der Waals surface area contributed by atoms with Crippen molar-refractivity contribution in [3.8, 4) is 11.5 Å². The van der Waals surface area contributed by atoms with E-state index in [9.17, 15) is 14.7 Å². The second kappa shape index (κ2) is 6.08. The zero-order chi connectivity index (χ0) is 16.6. The average molecular weight is 320 g/mol. The Kier molecular flexibility index (Phi) is 4.12. The van der Waals surface area contributed by atoms with E-state index in [-0.39, 0.29) is 6.10 Å². The van der Waals surface area contributed by atoms with Gasteiger partial charge < -0.3 is 29.4 Å². The van der Waals surface area contributed by atoms with Crippen molar-refractivity contribution in [2.45, 2.75) is 25.0 Å². The number of hydrogen-bond acceptors (Lipinski definition) is 6. The van der Waals surface area contributed by atoms with Crippen molar-refractivity contribution in [2.24, 2.45) is 11.8 Å². The first-order chi connectivity index (χ1) is 11.0. The molecule has 124 valence electrons. The lowest BCUT2D eigenvalue weighted by Crippen LogP contribution is -2.46. The van der Waals surface area contributed by atoms with Crippen molar-refractivity contribution in [3.05, 3.63) is 18.2 Å². The third-order valence-corrected chi connectivity index (χ3v) is 4.51. The van der Waals surface area contributed by atoms with Gasteiger partial charge in [0.15, 0.2) is 0 Å². The SMILES string of the molecule is COc1ccc(OC)c(NC(=O)[C@H]2[C@@H](C(=O)[O-])[C@@H]3CC[C@H]2O3)c1. The molecule has 0 unspecified atom stereocenters. The van der Waals surface area contributed by atoms with Crippen LogP contribution in [0.4, 0.5) is 5.69 Å². The van der Waals surface area contributed by atoms with Crippen LogP contribution in [-0.2, 0) is 14.3 Å². The number of anilines is 1. The van der Waals surface area contributed by atoms with E-state index in [1.54, 1.807) is 18.2 Å². The Hall–Kier alpha value is -2.28. The number of carbonyl (C=O) groups excluding carboxylic acids is 2. The number of carboxylic acid groups (broad SMARTS) is 1. The minimum Gasteiger partial charge on any atom is -0.550 e. The molecule has 2 fully saturated rings. The Balaban J connectivity index is 1.83. The van der Waals surface area contributed by atoms with E-state index in [2.05, 4.69) is 5.32 Å². The van der Waals surface area contributed by atoms with Gasteiger partial charge in [-0.1, -0.05) is 0 Å². The molecule has 7 heteroatoms. The highest BCUT2D eigenvalue weighted by molar-refractivity contribution is 5.97. The molecule has 0 saturated carbocycles. The first-order valence-electron chi connectivity index (χ1n) is 7.44. The van der Waals surface area contributed by atoms with Crippen molar-refractivity contribution in [1.29, 1.82) is 0 Å². The molecule has 1 aromatic rings. The molecule has 2 bridgehead atoms. The summed E-state index contributed by atoms with van der Waals surface area (Å²) in [4.78, 5) is 24.0. The summed E-state index contributed by atoms with van der Waals surface area (Å²) < 4.78 is 15.9. The molecule has 0 aliphatic carbocycles. The molecule has 1 N–H and O–H groups in total. The van der Waals surface area contributed by atoms with Crippen molar-refractivity contribution in [2.75, 3.05) is 19.5 Å². The number of amides is 1. The lowest BCUT2D eigenvalue weighted by atomic mass is 9.78. The van der Waals surface area contributed by atoms with Gasteiger partial charge in [-0.05, 0) is 25.0 Å². The number of benzene rings is 1. The van der Waals surface area contributed by atoms with Crippen molar-refractivity contribution >= 4 is 17.6 Å². The Morgan fingerprint density at radius 1 is 1.17 bits per heavy atom. The number of methoxy groups -OCH3 is 2. The summed E-state index contributed by atoms with van der Waals surface area (Å²) in [6.07, 6.45) is 0.518. The molecule has 1 aromatic carbocycles. The van der Waals surface area contributed by atoms with E-state index in [0.717, 1.165) is 0 Å². The van der Waals surface area contributed by atoms with Gasteiger partial charge in [0.25, 0.3) is 0 Å². The van der Waals surface area contributed by atoms with E-state index < -0.39 is 29.8 Å². The quantitative estimate of drug-likeness (QED) is 0.831. The van der Waals surface area contributed by atoms with Crippen LogP contribution in [0.2, 0.25) is 0 Å². The van der Waals surface area contributed by atoms with E-state index in [1.165, 1.54) is 14.2 Å². The molecule has 7 nitrogen and oxygen atoms in total. The maximum Gasteiger partial charge on any atom is 0.230 e. The molecule has 23 heavy (non-hydrogen) atoms. The number of nitrogens with one attached hydrogen (secondary N) is 1. The van der Waals surface area contributed by atoms with Crippen molar-refractivity contribution in [1.82, 2.24) is 0 Å². The summed E-state index contributed by atoms with van der Waals surface area (Å²) in [6, 6.07) is 5.00. The highest BCUT2D eigenvalue weighted by atomic mass is 16.5. The van der Waals surface area contributed by atoms with Crippen LogP contribution in [0, 0.1) is 11.8 Å². The van der Waals surface area contributed by atoms with E-state index >= 15 is 0 Å².